The Morgan fingerprint density at radius 1 is 1.40 bits per heavy atom. The zero-order chi connectivity index (χ0) is 17.6. The lowest BCUT2D eigenvalue weighted by atomic mass is 10.1. The number of hydrogen-bond donors (Lipinski definition) is 1. The number of thiophene rings is 1. The summed E-state index contributed by atoms with van der Waals surface area (Å²) in [5.41, 5.74) is 2.04. The first kappa shape index (κ1) is 16.1. The Hall–Kier alpha value is -2.38. The van der Waals surface area contributed by atoms with Crippen LogP contribution in [0.1, 0.15) is 21.8 Å². The second-order valence-electron chi connectivity index (χ2n) is 6.48. The third kappa shape index (κ3) is 2.89. The van der Waals surface area contributed by atoms with Gasteiger partial charge in [0.25, 0.3) is 5.56 Å². The van der Waals surface area contributed by atoms with Crippen molar-refractivity contribution in [3.05, 3.63) is 56.4 Å². The van der Waals surface area contributed by atoms with Crippen LogP contribution in [0.5, 0.6) is 5.75 Å². The van der Waals surface area contributed by atoms with E-state index in [4.69, 9.17) is 10.6 Å². The lowest BCUT2D eigenvalue weighted by molar-refractivity contribution is 0.291. The van der Waals surface area contributed by atoms with Crippen LogP contribution < -0.4 is 16.1 Å². The van der Waals surface area contributed by atoms with Crippen LogP contribution in [0, 0.1) is 6.92 Å². The van der Waals surface area contributed by atoms with Gasteiger partial charge in [-0.3, -0.25) is 4.79 Å². The van der Waals surface area contributed by atoms with E-state index in [0.717, 1.165) is 45.9 Å². The SMILES string of the molecule is Cc1cccc(OCc2nc3sc4c(c3c(=O)n2N)CCN(C)C4)c1. The van der Waals surface area contributed by atoms with Gasteiger partial charge in [0.2, 0.25) is 0 Å². The van der Waals surface area contributed by atoms with Gasteiger partial charge in [-0.15, -0.1) is 11.3 Å². The molecule has 0 saturated carbocycles. The molecule has 4 rings (SSSR count). The maximum atomic E-state index is 12.8. The molecule has 1 aliphatic rings. The van der Waals surface area contributed by atoms with Crippen molar-refractivity contribution in [3.8, 4) is 5.75 Å². The molecule has 0 radical (unpaired) electrons. The van der Waals surface area contributed by atoms with Crippen LogP contribution in [0.4, 0.5) is 0 Å². The third-order valence-corrected chi connectivity index (χ3v) is 5.64. The quantitative estimate of drug-likeness (QED) is 0.727. The number of fused-ring (bicyclic) bond motifs is 3. The highest BCUT2D eigenvalue weighted by Gasteiger charge is 2.23. The Balaban J connectivity index is 1.71. The fraction of sp³-hybridized carbons (Fsp3) is 0.333. The van der Waals surface area contributed by atoms with Crippen molar-refractivity contribution < 1.29 is 4.74 Å². The zero-order valence-electron chi connectivity index (χ0n) is 14.3. The highest BCUT2D eigenvalue weighted by molar-refractivity contribution is 7.18. The largest absolute Gasteiger partial charge is 0.486 e. The van der Waals surface area contributed by atoms with E-state index in [1.165, 1.54) is 4.88 Å². The summed E-state index contributed by atoms with van der Waals surface area (Å²) in [6, 6.07) is 7.76. The summed E-state index contributed by atoms with van der Waals surface area (Å²) >= 11 is 1.59. The minimum Gasteiger partial charge on any atom is -0.486 e. The molecule has 1 aromatic carbocycles. The van der Waals surface area contributed by atoms with E-state index < -0.39 is 0 Å². The van der Waals surface area contributed by atoms with Gasteiger partial charge < -0.3 is 15.5 Å². The molecule has 6 nitrogen and oxygen atoms in total. The molecule has 2 N–H and O–H groups in total. The number of aromatic nitrogens is 2. The molecule has 2 aromatic heterocycles. The van der Waals surface area contributed by atoms with Gasteiger partial charge in [-0.05, 0) is 43.7 Å². The molecular formula is C18H20N4O2S. The monoisotopic (exact) mass is 356 g/mol. The smallest absolute Gasteiger partial charge is 0.281 e. The van der Waals surface area contributed by atoms with Crippen LogP contribution >= 0.6 is 11.3 Å². The second-order valence-corrected chi connectivity index (χ2v) is 7.56. The van der Waals surface area contributed by atoms with E-state index in [-0.39, 0.29) is 12.2 Å². The first-order chi connectivity index (χ1) is 12.0. The van der Waals surface area contributed by atoms with Gasteiger partial charge in [0.05, 0.1) is 5.39 Å². The predicted octanol–water partition coefficient (Wildman–Crippen LogP) is 2.05. The van der Waals surface area contributed by atoms with Gasteiger partial charge in [0.1, 0.15) is 17.2 Å². The van der Waals surface area contributed by atoms with E-state index in [1.54, 1.807) is 11.3 Å². The van der Waals surface area contributed by atoms with E-state index in [2.05, 4.69) is 16.9 Å². The van der Waals surface area contributed by atoms with Crippen molar-refractivity contribution in [1.82, 2.24) is 14.6 Å². The lowest BCUT2D eigenvalue weighted by Gasteiger charge is -2.21. The number of nitrogen functional groups attached to an aromatic ring is 1. The van der Waals surface area contributed by atoms with Gasteiger partial charge in [-0.25, -0.2) is 9.66 Å². The molecule has 0 spiro atoms. The third-order valence-electron chi connectivity index (χ3n) is 4.53. The van der Waals surface area contributed by atoms with Gasteiger partial charge >= 0.3 is 0 Å². The molecule has 7 heteroatoms. The number of nitrogens with two attached hydrogens (primary N) is 1. The Labute approximate surface area is 149 Å². The van der Waals surface area contributed by atoms with Crippen molar-refractivity contribution >= 4 is 21.6 Å². The van der Waals surface area contributed by atoms with Gasteiger partial charge in [0, 0.05) is 18.0 Å². The van der Waals surface area contributed by atoms with Gasteiger partial charge in [0.15, 0.2) is 5.82 Å². The summed E-state index contributed by atoms with van der Waals surface area (Å²) in [6.07, 6.45) is 0.863. The van der Waals surface area contributed by atoms with Crippen molar-refractivity contribution in [3.63, 3.8) is 0 Å². The summed E-state index contributed by atoms with van der Waals surface area (Å²) in [7, 11) is 2.09. The summed E-state index contributed by atoms with van der Waals surface area (Å²) in [4.78, 5) is 21.6. The van der Waals surface area contributed by atoms with E-state index in [9.17, 15) is 4.79 Å². The minimum atomic E-state index is -0.185. The lowest BCUT2D eigenvalue weighted by Crippen LogP contribution is -2.33. The topological polar surface area (TPSA) is 73.4 Å². The molecule has 130 valence electrons. The van der Waals surface area contributed by atoms with Crippen LogP contribution in [0.25, 0.3) is 10.2 Å². The summed E-state index contributed by atoms with van der Waals surface area (Å²) in [6.45, 7) is 3.97. The van der Waals surface area contributed by atoms with E-state index in [0.29, 0.717) is 11.2 Å². The van der Waals surface area contributed by atoms with Crippen molar-refractivity contribution in [2.75, 3.05) is 19.4 Å². The predicted molar refractivity (Wildman–Crippen MR) is 99.6 cm³/mol. The highest BCUT2D eigenvalue weighted by Crippen LogP contribution is 2.32. The average molecular weight is 356 g/mol. The molecular weight excluding hydrogens is 336 g/mol. The Morgan fingerprint density at radius 2 is 2.24 bits per heavy atom. The van der Waals surface area contributed by atoms with Gasteiger partial charge in [-0.1, -0.05) is 12.1 Å². The molecule has 0 fully saturated rings. The molecule has 1 aliphatic heterocycles. The standard InChI is InChI=1S/C18H20N4O2S/c1-11-4-3-5-12(8-11)24-10-15-20-17-16(18(23)22(15)19)13-6-7-21(2)9-14(13)25-17/h3-5,8H,6-7,9-10,19H2,1-2H3. The molecule has 3 heterocycles. The van der Waals surface area contributed by atoms with Crippen LogP contribution in [-0.4, -0.2) is 28.2 Å². The number of hydrogen-bond acceptors (Lipinski definition) is 6. The van der Waals surface area contributed by atoms with Crippen molar-refractivity contribution in [2.45, 2.75) is 26.5 Å². The molecule has 0 amide bonds. The number of rotatable bonds is 3. The van der Waals surface area contributed by atoms with Crippen LogP contribution in [-0.2, 0) is 19.6 Å². The molecule has 3 aromatic rings. The maximum absolute atomic E-state index is 12.8. The number of nitrogens with zero attached hydrogens (tertiary/aromatic N) is 3. The highest BCUT2D eigenvalue weighted by atomic mass is 32.1. The van der Waals surface area contributed by atoms with Crippen LogP contribution in [0.15, 0.2) is 29.1 Å². The average Bonchev–Trinajstić information content (AvgIpc) is 2.94. The molecule has 25 heavy (non-hydrogen) atoms. The molecule has 0 saturated heterocycles. The van der Waals surface area contributed by atoms with Crippen LogP contribution in [0.2, 0.25) is 0 Å². The molecule has 0 unspecified atom stereocenters. The number of ether oxygens (including phenoxy) is 1. The van der Waals surface area contributed by atoms with Gasteiger partial charge in [-0.2, -0.15) is 0 Å². The maximum Gasteiger partial charge on any atom is 0.281 e. The van der Waals surface area contributed by atoms with Crippen LogP contribution in [0.3, 0.4) is 0 Å². The van der Waals surface area contributed by atoms with Crippen molar-refractivity contribution in [2.24, 2.45) is 0 Å². The Bertz CT molecular complexity index is 1010. The fourth-order valence-electron chi connectivity index (χ4n) is 3.18. The molecule has 0 bridgehead atoms. The summed E-state index contributed by atoms with van der Waals surface area (Å²) < 4.78 is 6.90. The normalized spacial score (nSPS) is 14.6. The van der Waals surface area contributed by atoms with E-state index in [1.807, 2.05) is 31.2 Å². The van der Waals surface area contributed by atoms with Crippen molar-refractivity contribution in [1.29, 1.82) is 0 Å². The molecule has 0 atom stereocenters. The first-order valence-corrected chi connectivity index (χ1v) is 9.04. The van der Waals surface area contributed by atoms with E-state index >= 15 is 0 Å². The number of benzene rings is 1. The Kier molecular flexibility index (Phi) is 3.97. The summed E-state index contributed by atoms with van der Waals surface area (Å²) in [5.74, 6) is 7.19. The minimum absolute atomic E-state index is 0.160. The molecule has 0 aliphatic carbocycles. The Morgan fingerprint density at radius 3 is 3.04 bits per heavy atom. The zero-order valence-corrected chi connectivity index (χ0v) is 15.1. The number of aryl methyl sites for hydroxylation is 1. The second kappa shape index (κ2) is 6.16. The number of likely N-dealkylation sites (N-methyl/N-ethyl adjacent to an activating group) is 1. The summed E-state index contributed by atoms with van der Waals surface area (Å²) in [5, 5.41) is 0.676. The first-order valence-electron chi connectivity index (χ1n) is 8.22. The fourth-order valence-corrected chi connectivity index (χ4v) is 4.49.